The summed E-state index contributed by atoms with van der Waals surface area (Å²) in [5.74, 6) is 0. The first-order valence-electron chi connectivity index (χ1n) is 7.97. The van der Waals surface area contributed by atoms with Gasteiger partial charge in [0, 0.05) is 0 Å². The molecule has 32 heavy (non-hydrogen) atoms. The first-order valence-corrected chi connectivity index (χ1v) is 7.97. The normalized spacial score (nSPS) is 16.1. The summed E-state index contributed by atoms with van der Waals surface area (Å²) in [5.41, 5.74) is -2.67. The topological polar surface area (TPSA) is 36.9 Å². The van der Waals surface area contributed by atoms with Gasteiger partial charge in [0.15, 0.2) is 0 Å². The highest BCUT2D eigenvalue weighted by atomic mass is 19.4. The average molecular weight is 514 g/mol. The van der Waals surface area contributed by atoms with Crippen molar-refractivity contribution in [3.63, 3.8) is 0 Å². The Morgan fingerprint density at radius 1 is 0.406 bits per heavy atom. The van der Waals surface area contributed by atoms with Gasteiger partial charge in [-0.3, -0.25) is 0 Å². The van der Waals surface area contributed by atoms with E-state index in [1.165, 1.54) is 0 Å². The van der Waals surface area contributed by atoms with Crippen molar-refractivity contribution in [3.8, 4) is 0 Å². The zero-order valence-corrected chi connectivity index (χ0v) is 16.5. The summed E-state index contributed by atoms with van der Waals surface area (Å²) in [6, 6.07) is 0. The van der Waals surface area contributed by atoms with Crippen molar-refractivity contribution in [2.24, 2.45) is 5.41 Å². The van der Waals surface area contributed by atoms with Gasteiger partial charge in [0.2, 0.25) is 0 Å². The van der Waals surface area contributed by atoms with Crippen molar-refractivity contribution in [1.82, 2.24) is 0 Å². The van der Waals surface area contributed by atoms with Gasteiger partial charge in [0.1, 0.15) is 0 Å². The molecule has 0 unspecified atom stereocenters. The van der Waals surface area contributed by atoms with Crippen LogP contribution in [0.5, 0.6) is 0 Å². The molecule has 0 heterocycles. The Kier molecular flexibility index (Phi) is 8.27. The summed E-state index contributed by atoms with van der Waals surface area (Å²) in [6.45, 7) is 2.70. The van der Waals surface area contributed by atoms with E-state index >= 15 is 0 Å². The van der Waals surface area contributed by atoms with E-state index in [1.54, 1.807) is 4.74 Å². The predicted octanol–water partition coefficient (Wildman–Crippen LogP) is 6.66. The lowest BCUT2D eigenvalue weighted by Crippen LogP contribution is -2.60. The van der Waals surface area contributed by atoms with E-state index in [0.717, 1.165) is 0 Å². The molecule has 0 aromatic rings. The minimum absolute atomic E-state index is 0.458. The van der Waals surface area contributed by atoms with E-state index in [2.05, 4.69) is 9.47 Å². The fourth-order valence-electron chi connectivity index (χ4n) is 1.30. The fourth-order valence-corrected chi connectivity index (χ4v) is 1.30. The SMILES string of the molecule is CC(C)OC(F)(F)C(F)(F)OC(F)(F)C(F)(F)OC(F)(F)C(F)(F)OC(F)(F)C(C)(C)C. The van der Waals surface area contributed by atoms with Crippen LogP contribution in [-0.2, 0) is 18.9 Å². The molecule has 0 aliphatic heterocycles. The van der Waals surface area contributed by atoms with E-state index in [-0.39, 0.29) is 0 Å². The van der Waals surface area contributed by atoms with Gasteiger partial charge < -0.3 is 4.74 Å². The maximum atomic E-state index is 13.4. The molecule has 0 radical (unpaired) electrons. The summed E-state index contributed by atoms with van der Waals surface area (Å²) in [4.78, 5) is 0. The zero-order chi connectivity index (χ0) is 26.4. The summed E-state index contributed by atoms with van der Waals surface area (Å²) in [6.07, 6.45) is -48.0. The molecule has 0 rings (SSSR count). The zero-order valence-electron chi connectivity index (χ0n) is 16.5. The van der Waals surface area contributed by atoms with Crippen LogP contribution >= 0.6 is 0 Å². The van der Waals surface area contributed by atoms with E-state index in [1.807, 2.05) is 4.74 Å². The van der Waals surface area contributed by atoms with Gasteiger partial charge in [-0.2, -0.15) is 61.5 Å². The highest BCUT2D eigenvalue weighted by molar-refractivity contribution is 4.81. The minimum Gasteiger partial charge on any atom is -0.311 e. The lowest BCUT2D eigenvalue weighted by molar-refractivity contribution is -0.574. The Labute approximate surface area is 170 Å². The molecule has 0 bridgehead atoms. The molecule has 0 amide bonds. The standard InChI is InChI=1S/C14H16F14O4/c1-6(2)29-9(17,18)10(19,20)31-13(25,26)14(27,28)32-12(23,24)11(21,22)30-8(15,16)7(3,4)5/h6H,1-5H3. The number of alkyl halides is 14. The van der Waals surface area contributed by atoms with Gasteiger partial charge in [0.05, 0.1) is 11.5 Å². The van der Waals surface area contributed by atoms with Crippen molar-refractivity contribution in [1.29, 1.82) is 0 Å². The fraction of sp³-hybridized carbons (Fsp3) is 1.00. The Hall–Kier alpha value is -1.14. The van der Waals surface area contributed by atoms with Crippen LogP contribution in [0.1, 0.15) is 34.6 Å². The molecule has 0 aliphatic rings. The van der Waals surface area contributed by atoms with Gasteiger partial charge in [-0.25, -0.2) is 14.2 Å². The van der Waals surface area contributed by atoms with Crippen molar-refractivity contribution >= 4 is 0 Å². The quantitative estimate of drug-likeness (QED) is 0.289. The third-order valence-corrected chi connectivity index (χ3v) is 3.04. The largest absolute Gasteiger partial charge is 0.453 e. The van der Waals surface area contributed by atoms with Crippen molar-refractivity contribution in [2.45, 2.75) is 83.5 Å². The van der Waals surface area contributed by atoms with Crippen molar-refractivity contribution in [3.05, 3.63) is 0 Å². The molecule has 0 saturated heterocycles. The lowest BCUT2D eigenvalue weighted by atomic mass is 9.95. The molecular formula is C14H16F14O4. The van der Waals surface area contributed by atoms with Crippen molar-refractivity contribution < 1.29 is 80.4 Å². The summed E-state index contributed by atoms with van der Waals surface area (Å²) >= 11 is 0. The van der Waals surface area contributed by atoms with Crippen molar-refractivity contribution in [2.75, 3.05) is 0 Å². The Morgan fingerprint density at radius 3 is 0.844 bits per heavy atom. The third kappa shape index (κ3) is 6.69. The molecule has 0 aromatic heterocycles. The van der Waals surface area contributed by atoms with Crippen LogP contribution in [0.25, 0.3) is 0 Å². The van der Waals surface area contributed by atoms with Crippen LogP contribution in [0.2, 0.25) is 0 Å². The molecule has 0 atom stereocenters. The van der Waals surface area contributed by atoms with E-state index in [4.69, 9.17) is 0 Å². The highest BCUT2D eigenvalue weighted by Gasteiger charge is 2.76. The molecule has 0 saturated carbocycles. The first kappa shape index (κ1) is 30.9. The molecule has 194 valence electrons. The Balaban J connectivity index is 5.85. The van der Waals surface area contributed by atoms with Crippen LogP contribution in [0, 0.1) is 5.41 Å². The number of rotatable bonds is 11. The number of halogens is 14. The maximum absolute atomic E-state index is 13.4. The summed E-state index contributed by atoms with van der Waals surface area (Å²) < 4.78 is 195. The molecule has 0 aromatic carbocycles. The minimum atomic E-state index is -7.22. The van der Waals surface area contributed by atoms with Crippen LogP contribution in [-0.4, -0.2) is 48.9 Å². The van der Waals surface area contributed by atoms with Crippen LogP contribution in [0.3, 0.4) is 0 Å². The molecule has 4 nitrogen and oxygen atoms in total. The number of hydrogen-bond donors (Lipinski definition) is 0. The van der Waals surface area contributed by atoms with Gasteiger partial charge in [-0.1, -0.05) is 20.8 Å². The summed E-state index contributed by atoms with van der Waals surface area (Å²) in [5, 5.41) is 0. The molecule has 18 heteroatoms. The first-order chi connectivity index (χ1) is 13.5. The third-order valence-electron chi connectivity index (χ3n) is 3.04. The van der Waals surface area contributed by atoms with Crippen LogP contribution in [0.4, 0.5) is 61.5 Å². The second-order valence-corrected chi connectivity index (χ2v) is 7.34. The molecule has 0 fully saturated rings. The molecule has 0 N–H and O–H groups in total. The second-order valence-electron chi connectivity index (χ2n) is 7.34. The number of ether oxygens (including phenoxy) is 4. The maximum Gasteiger partial charge on any atom is 0.453 e. The van der Waals surface area contributed by atoms with Crippen LogP contribution < -0.4 is 0 Å². The van der Waals surface area contributed by atoms with Gasteiger partial charge in [0.25, 0.3) is 0 Å². The highest BCUT2D eigenvalue weighted by Crippen LogP contribution is 2.51. The number of hydrogen-bond acceptors (Lipinski definition) is 4. The van der Waals surface area contributed by atoms with E-state index in [0.29, 0.717) is 34.6 Å². The average Bonchev–Trinajstić information content (AvgIpc) is 2.40. The van der Waals surface area contributed by atoms with Gasteiger partial charge in [-0.05, 0) is 13.8 Å². The smallest absolute Gasteiger partial charge is 0.311 e. The lowest BCUT2D eigenvalue weighted by Gasteiger charge is -2.37. The molecule has 0 aliphatic carbocycles. The van der Waals surface area contributed by atoms with Gasteiger partial charge >= 0.3 is 42.8 Å². The monoisotopic (exact) mass is 514 g/mol. The van der Waals surface area contributed by atoms with E-state index < -0.39 is 54.3 Å². The predicted molar refractivity (Wildman–Crippen MR) is 73.6 cm³/mol. The van der Waals surface area contributed by atoms with Crippen LogP contribution in [0.15, 0.2) is 0 Å². The Morgan fingerprint density at radius 2 is 0.625 bits per heavy atom. The van der Waals surface area contributed by atoms with E-state index in [9.17, 15) is 61.5 Å². The molecular weight excluding hydrogens is 498 g/mol. The molecule has 0 spiro atoms. The Bertz CT molecular complexity index is 642. The second kappa shape index (κ2) is 8.57. The summed E-state index contributed by atoms with van der Waals surface area (Å²) in [7, 11) is 0. The van der Waals surface area contributed by atoms with Gasteiger partial charge in [-0.15, -0.1) is 0 Å².